The molecule has 2 nitrogen and oxygen atoms in total. The third-order valence-corrected chi connectivity index (χ3v) is 2.77. The number of halogens is 1. The molecule has 0 bridgehead atoms. The normalized spacial score (nSPS) is 14.6. The molecule has 16 heavy (non-hydrogen) atoms. The van der Waals surface area contributed by atoms with Crippen LogP contribution in [-0.2, 0) is 0 Å². The quantitative estimate of drug-likeness (QED) is 0.830. The fraction of sp³-hybridized carbons (Fsp3) is 0.538. The maximum absolute atomic E-state index is 13.2. The van der Waals surface area contributed by atoms with Crippen LogP contribution in [0.25, 0.3) is 0 Å². The van der Waals surface area contributed by atoms with Gasteiger partial charge in [0.05, 0.1) is 6.10 Å². The van der Waals surface area contributed by atoms with Crippen molar-refractivity contribution < 1.29 is 9.13 Å². The van der Waals surface area contributed by atoms with E-state index in [9.17, 15) is 4.39 Å². The van der Waals surface area contributed by atoms with E-state index in [1.165, 1.54) is 12.1 Å². The molecule has 1 aromatic rings. The summed E-state index contributed by atoms with van der Waals surface area (Å²) >= 11 is 0. The van der Waals surface area contributed by atoms with E-state index in [2.05, 4.69) is 12.2 Å². The van der Waals surface area contributed by atoms with Crippen LogP contribution >= 0.6 is 0 Å². The van der Waals surface area contributed by atoms with Crippen LogP contribution in [-0.4, -0.2) is 13.2 Å². The van der Waals surface area contributed by atoms with Crippen molar-refractivity contribution in [2.45, 2.75) is 39.3 Å². The van der Waals surface area contributed by atoms with Crippen molar-refractivity contribution in [3.63, 3.8) is 0 Å². The molecule has 0 radical (unpaired) electrons. The first-order chi connectivity index (χ1) is 7.58. The molecule has 0 spiro atoms. The van der Waals surface area contributed by atoms with Gasteiger partial charge in [-0.15, -0.1) is 0 Å². The van der Waals surface area contributed by atoms with Gasteiger partial charge in [0, 0.05) is 11.6 Å². The van der Waals surface area contributed by atoms with Crippen molar-refractivity contribution in [2.75, 3.05) is 7.05 Å². The minimum Gasteiger partial charge on any atom is -0.490 e. The Kier molecular flexibility index (Phi) is 4.74. The summed E-state index contributed by atoms with van der Waals surface area (Å²) in [6, 6.07) is 4.74. The summed E-state index contributed by atoms with van der Waals surface area (Å²) in [6.45, 7) is 6.06. The third-order valence-electron chi connectivity index (χ3n) is 2.77. The highest BCUT2D eigenvalue weighted by Crippen LogP contribution is 2.27. The van der Waals surface area contributed by atoms with Gasteiger partial charge in [-0.2, -0.15) is 0 Å². The van der Waals surface area contributed by atoms with Crippen molar-refractivity contribution in [3.8, 4) is 5.75 Å². The lowest BCUT2D eigenvalue weighted by molar-refractivity contribution is 0.213. The maximum atomic E-state index is 13.2. The summed E-state index contributed by atoms with van der Waals surface area (Å²) in [6.07, 6.45) is 1.08. The van der Waals surface area contributed by atoms with Crippen LogP contribution in [0.2, 0.25) is 0 Å². The van der Waals surface area contributed by atoms with Gasteiger partial charge in [0.2, 0.25) is 0 Å². The Labute approximate surface area is 96.8 Å². The summed E-state index contributed by atoms with van der Waals surface area (Å²) in [5, 5.41) is 3.09. The van der Waals surface area contributed by atoms with E-state index >= 15 is 0 Å². The molecule has 0 heterocycles. The van der Waals surface area contributed by atoms with Gasteiger partial charge < -0.3 is 10.1 Å². The molecular weight excluding hydrogens is 205 g/mol. The standard InChI is InChI=1S/C13H20FNO/c1-5-9(2)16-13-7-6-11(14)8-12(13)10(3)15-4/h6-10,15H,5H2,1-4H3. The average Bonchev–Trinajstić information content (AvgIpc) is 2.30. The van der Waals surface area contributed by atoms with Crippen LogP contribution in [0.4, 0.5) is 4.39 Å². The SMILES string of the molecule is CCC(C)Oc1ccc(F)cc1C(C)NC. The molecule has 0 aromatic heterocycles. The molecule has 90 valence electrons. The minimum atomic E-state index is -0.228. The molecule has 0 fully saturated rings. The Morgan fingerprint density at radius 3 is 2.62 bits per heavy atom. The molecule has 0 aliphatic heterocycles. The van der Waals surface area contributed by atoms with E-state index in [1.54, 1.807) is 6.07 Å². The number of ether oxygens (including phenoxy) is 1. The van der Waals surface area contributed by atoms with Gasteiger partial charge in [-0.3, -0.25) is 0 Å². The Balaban J connectivity index is 2.97. The number of nitrogens with one attached hydrogen (secondary N) is 1. The first-order valence-electron chi connectivity index (χ1n) is 5.71. The molecule has 1 N–H and O–H groups in total. The monoisotopic (exact) mass is 225 g/mol. The number of benzene rings is 1. The Morgan fingerprint density at radius 2 is 2.06 bits per heavy atom. The second-order valence-electron chi connectivity index (χ2n) is 4.03. The molecule has 0 amide bonds. The summed E-state index contributed by atoms with van der Waals surface area (Å²) in [4.78, 5) is 0. The van der Waals surface area contributed by atoms with E-state index in [0.717, 1.165) is 17.7 Å². The van der Waals surface area contributed by atoms with E-state index in [1.807, 2.05) is 20.9 Å². The van der Waals surface area contributed by atoms with Crippen LogP contribution in [0.3, 0.4) is 0 Å². The molecule has 1 rings (SSSR count). The predicted octanol–water partition coefficient (Wildman–Crippen LogP) is 3.28. The van der Waals surface area contributed by atoms with Gasteiger partial charge >= 0.3 is 0 Å². The van der Waals surface area contributed by atoms with Crippen LogP contribution in [0, 0.1) is 5.82 Å². The Hall–Kier alpha value is -1.09. The Morgan fingerprint density at radius 1 is 1.38 bits per heavy atom. The molecule has 0 saturated carbocycles. The number of hydrogen-bond donors (Lipinski definition) is 1. The average molecular weight is 225 g/mol. The van der Waals surface area contributed by atoms with Gasteiger partial charge in [-0.1, -0.05) is 6.92 Å². The van der Waals surface area contributed by atoms with Gasteiger partial charge in [-0.05, 0) is 45.5 Å². The van der Waals surface area contributed by atoms with Crippen molar-refractivity contribution in [2.24, 2.45) is 0 Å². The van der Waals surface area contributed by atoms with E-state index in [4.69, 9.17) is 4.74 Å². The van der Waals surface area contributed by atoms with Crippen LogP contribution in [0.1, 0.15) is 38.8 Å². The summed E-state index contributed by atoms with van der Waals surface area (Å²) in [5.74, 6) is 0.534. The lowest BCUT2D eigenvalue weighted by atomic mass is 10.1. The van der Waals surface area contributed by atoms with Crippen LogP contribution < -0.4 is 10.1 Å². The van der Waals surface area contributed by atoms with Crippen molar-refractivity contribution in [3.05, 3.63) is 29.6 Å². The topological polar surface area (TPSA) is 21.3 Å². The number of rotatable bonds is 5. The zero-order valence-corrected chi connectivity index (χ0v) is 10.4. The zero-order valence-electron chi connectivity index (χ0n) is 10.4. The molecule has 0 aliphatic rings. The van der Waals surface area contributed by atoms with Gasteiger partial charge in [0.15, 0.2) is 0 Å². The van der Waals surface area contributed by atoms with E-state index in [0.29, 0.717) is 0 Å². The molecule has 0 saturated heterocycles. The third kappa shape index (κ3) is 3.20. The number of hydrogen-bond acceptors (Lipinski definition) is 2. The van der Waals surface area contributed by atoms with E-state index < -0.39 is 0 Å². The maximum Gasteiger partial charge on any atom is 0.124 e. The first kappa shape index (κ1) is 13.0. The Bertz CT molecular complexity index is 341. The first-order valence-corrected chi connectivity index (χ1v) is 5.71. The smallest absolute Gasteiger partial charge is 0.124 e. The van der Waals surface area contributed by atoms with Crippen molar-refractivity contribution in [1.29, 1.82) is 0 Å². The minimum absolute atomic E-state index is 0.0785. The van der Waals surface area contributed by atoms with Gasteiger partial charge in [-0.25, -0.2) is 4.39 Å². The second-order valence-corrected chi connectivity index (χ2v) is 4.03. The fourth-order valence-corrected chi connectivity index (χ4v) is 1.42. The highest BCUT2D eigenvalue weighted by atomic mass is 19.1. The summed E-state index contributed by atoms with van der Waals surface area (Å²) in [7, 11) is 1.85. The second kappa shape index (κ2) is 5.85. The fourth-order valence-electron chi connectivity index (χ4n) is 1.42. The summed E-state index contributed by atoms with van der Waals surface area (Å²) in [5.41, 5.74) is 0.864. The van der Waals surface area contributed by atoms with Crippen molar-refractivity contribution >= 4 is 0 Å². The van der Waals surface area contributed by atoms with Gasteiger partial charge in [0.1, 0.15) is 11.6 Å². The molecule has 0 aliphatic carbocycles. The summed E-state index contributed by atoms with van der Waals surface area (Å²) < 4.78 is 18.9. The molecule has 2 atom stereocenters. The highest BCUT2D eigenvalue weighted by molar-refractivity contribution is 5.36. The predicted molar refractivity (Wildman–Crippen MR) is 64.3 cm³/mol. The van der Waals surface area contributed by atoms with Gasteiger partial charge in [0.25, 0.3) is 0 Å². The molecule has 3 heteroatoms. The zero-order chi connectivity index (χ0) is 12.1. The lowest BCUT2D eigenvalue weighted by Crippen LogP contribution is -2.17. The van der Waals surface area contributed by atoms with Crippen LogP contribution in [0.15, 0.2) is 18.2 Å². The highest BCUT2D eigenvalue weighted by Gasteiger charge is 2.13. The van der Waals surface area contributed by atoms with Crippen molar-refractivity contribution in [1.82, 2.24) is 5.32 Å². The molecular formula is C13H20FNO. The van der Waals surface area contributed by atoms with Crippen LogP contribution in [0.5, 0.6) is 5.75 Å². The molecule has 1 aromatic carbocycles. The molecule has 2 unspecified atom stereocenters. The lowest BCUT2D eigenvalue weighted by Gasteiger charge is -2.19. The van der Waals surface area contributed by atoms with E-state index in [-0.39, 0.29) is 18.0 Å². The largest absolute Gasteiger partial charge is 0.490 e.